The van der Waals surface area contributed by atoms with E-state index in [1.165, 1.54) is 12.7 Å². The van der Waals surface area contributed by atoms with Crippen LogP contribution < -0.4 is 15.4 Å². The molecule has 1 heterocycles. The van der Waals surface area contributed by atoms with Crippen molar-refractivity contribution < 1.29 is 9.84 Å². The molecule has 0 aliphatic heterocycles. The third kappa shape index (κ3) is 4.65. The largest absolute Gasteiger partial charge is 0.504 e. The van der Waals surface area contributed by atoms with Crippen LogP contribution >= 0.6 is 0 Å². The second-order valence-electron chi connectivity index (χ2n) is 5.83. The fourth-order valence-corrected chi connectivity index (χ4v) is 2.59. The minimum absolute atomic E-state index is 0.120. The number of phenols is 1. The first-order chi connectivity index (χ1) is 12.0. The summed E-state index contributed by atoms with van der Waals surface area (Å²) >= 11 is 0. The molecule has 0 unspecified atom stereocenters. The van der Waals surface area contributed by atoms with Crippen LogP contribution in [0.5, 0.6) is 11.5 Å². The third-order valence-electron chi connectivity index (χ3n) is 4.10. The molecule has 136 valence electrons. The number of aromatic hydroxyl groups is 1. The van der Waals surface area contributed by atoms with Crippen LogP contribution in [0.15, 0.2) is 23.2 Å². The number of nitrogens with one attached hydrogen (secondary N) is 2. The number of hydrogen-bond acceptors (Lipinski definition) is 4. The first-order valence-corrected chi connectivity index (χ1v) is 8.33. The highest BCUT2D eigenvalue weighted by molar-refractivity contribution is 5.79. The minimum atomic E-state index is 0.120. The van der Waals surface area contributed by atoms with E-state index < -0.39 is 0 Å². The second-order valence-corrected chi connectivity index (χ2v) is 5.83. The first-order valence-electron chi connectivity index (χ1n) is 8.33. The van der Waals surface area contributed by atoms with Gasteiger partial charge in [-0.05, 0) is 38.5 Å². The van der Waals surface area contributed by atoms with Crippen molar-refractivity contribution in [2.45, 2.75) is 33.9 Å². The van der Waals surface area contributed by atoms with Crippen LogP contribution in [0.3, 0.4) is 0 Å². The number of nitrogens with zero attached hydrogens (tertiary/aromatic N) is 3. The van der Waals surface area contributed by atoms with E-state index in [2.05, 4.69) is 27.6 Å². The lowest BCUT2D eigenvalue weighted by Crippen LogP contribution is -2.37. The highest BCUT2D eigenvalue weighted by atomic mass is 16.5. The summed E-state index contributed by atoms with van der Waals surface area (Å²) in [6, 6.07) is 5.30. The predicted molar refractivity (Wildman–Crippen MR) is 99.0 cm³/mol. The molecule has 0 saturated heterocycles. The molecule has 0 saturated carbocycles. The van der Waals surface area contributed by atoms with E-state index in [-0.39, 0.29) is 5.75 Å². The normalized spacial score (nSPS) is 11.5. The zero-order valence-corrected chi connectivity index (χ0v) is 15.6. The molecule has 0 radical (unpaired) electrons. The maximum Gasteiger partial charge on any atom is 0.191 e. The summed E-state index contributed by atoms with van der Waals surface area (Å²) in [5.41, 5.74) is 4.24. The van der Waals surface area contributed by atoms with Crippen molar-refractivity contribution in [2.24, 2.45) is 12.0 Å². The van der Waals surface area contributed by atoms with E-state index in [4.69, 9.17) is 4.74 Å². The Morgan fingerprint density at radius 2 is 2.08 bits per heavy atom. The monoisotopic (exact) mass is 345 g/mol. The molecule has 25 heavy (non-hydrogen) atoms. The van der Waals surface area contributed by atoms with Gasteiger partial charge in [0, 0.05) is 31.4 Å². The maximum absolute atomic E-state index is 9.86. The van der Waals surface area contributed by atoms with E-state index in [1.807, 2.05) is 31.6 Å². The van der Waals surface area contributed by atoms with Crippen LogP contribution in [0.25, 0.3) is 0 Å². The lowest BCUT2D eigenvalue weighted by Gasteiger charge is -2.12. The van der Waals surface area contributed by atoms with E-state index >= 15 is 0 Å². The molecule has 7 nitrogen and oxygen atoms in total. The number of phenolic OH excluding ortho intramolecular Hbond substituents is 1. The van der Waals surface area contributed by atoms with Crippen molar-refractivity contribution in [1.29, 1.82) is 0 Å². The SMILES string of the molecule is CCNC(=NCc1ccc(OC)c(O)c1)NCc1c(C)nn(C)c1C. The average Bonchev–Trinajstić information content (AvgIpc) is 2.83. The first kappa shape index (κ1) is 18.6. The van der Waals surface area contributed by atoms with Crippen LogP contribution in [0.2, 0.25) is 0 Å². The van der Waals surface area contributed by atoms with Crippen LogP contribution in [-0.4, -0.2) is 34.5 Å². The van der Waals surface area contributed by atoms with Gasteiger partial charge in [0.05, 0.1) is 19.3 Å². The fraction of sp³-hybridized carbons (Fsp3) is 0.444. The zero-order valence-electron chi connectivity index (χ0n) is 15.6. The van der Waals surface area contributed by atoms with Crippen LogP contribution in [0.1, 0.15) is 29.4 Å². The van der Waals surface area contributed by atoms with Crippen molar-refractivity contribution >= 4 is 5.96 Å². The number of benzene rings is 1. The molecule has 2 aromatic rings. The van der Waals surface area contributed by atoms with Crippen molar-refractivity contribution in [3.05, 3.63) is 40.7 Å². The van der Waals surface area contributed by atoms with Crippen molar-refractivity contribution in [1.82, 2.24) is 20.4 Å². The van der Waals surface area contributed by atoms with Crippen molar-refractivity contribution in [2.75, 3.05) is 13.7 Å². The molecule has 0 bridgehead atoms. The summed E-state index contributed by atoms with van der Waals surface area (Å²) in [4.78, 5) is 4.58. The number of aliphatic imine (C=N–C) groups is 1. The molecule has 0 atom stereocenters. The van der Waals surface area contributed by atoms with Crippen LogP contribution in [0.4, 0.5) is 0 Å². The second kappa shape index (κ2) is 8.41. The topological polar surface area (TPSA) is 83.7 Å². The van der Waals surface area contributed by atoms with Gasteiger partial charge >= 0.3 is 0 Å². The molecule has 0 fully saturated rings. The lowest BCUT2D eigenvalue weighted by molar-refractivity contribution is 0.373. The van der Waals surface area contributed by atoms with Crippen molar-refractivity contribution in [3.63, 3.8) is 0 Å². The van der Waals surface area contributed by atoms with E-state index in [9.17, 15) is 5.11 Å². The predicted octanol–water partition coefficient (Wildman–Crippen LogP) is 2.01. The van der Waals surface area contributed by atoms with Crippen LogP contribution in [0, 0.1) is 13.8 Å². The summed E-state index contributed by atoms with van der Waals surface area (Å²) in [6.45, 7) is 7.97. The van der Waals surface area contributed by atoms with Gasteiger partial charge in [0.25, 0.3) is 0 Å². The number of rotatable bonds is 6. The van der Waals surface area contributed by atoms with Crippen molar-refractivity contribution in [3.8, 4) is 11.5 Å². The smallest absolute Gasteiger partial charge is 0.191 e. The van der Waals surface area contributed by atoms with E-state index in [0.29, 0.717) is 18.8 Å². The number of guanidine groups is 1. The summed E-state index contributed by atoms with van der Waals surface area (Å²) in [6.07, 6.45) is 0. The highest BCUT2D eigenvalue weighted by Gasteiger charge is 2.10. The molecule has 0 amide bonds. The van der Waals surface area contributed by atoms with Gasteiger partial charge in [-0.3, -0.25) is 4.68 Å². The number of aromatic nitrogens is 2. The molecule has 0 spiro atoms. The Hall–Kier alpha value is -2.70. The Labute approximate surface area is 148 Å². The quantitative estimate of drug-likeness (QED) is 0.551. The standard InChI is InChI=1S/C18H27N5O2/c1-6-19-18(21-11-15-12(2)22-23(4)13(15)3)20-10-14-7-8-17(25-5)16(24)9-14/h7-9,24H,6,10-11H2,1-5H3,(H2,19,20,21). The van der Waals surface area contributed by atoms with E-state index in [0.717, 1.165) is 29.5 Å². The molecule has 1 aromatic carbocycles. The summed E-state index contributed by atoms with van der Waals surface area (Å²) < 4.78 is 6.94. The van der Waals surface area contributed by atoms with Gasteiger partial charge < -0.3 is 20.5 Å². The fourth-order valence-electron chi connectivity index (χ4n) is 2.59. The maximum atomic E-state index is 9.86. The van der Waals surface area contributed by atoms with Gasteiger partial charge in [-0.25, -0.2) is 4.99 Å². The summed E-state index contributed by atoms with van der Waals surface area (Å²) in [5, 5.41) is 20.9. The molecular formula is C18H27N5O2. The molecule has 7 heteroatoms. The van der Waals surface area contributed by atoms with Gasteiger partial charge in [0.15, 0.2) is 17.5 Å². The Bertz CT molecular complexity index is 752. The molecule has 3 N–H and O–H groups in total. The minimum Gasteiger partial charge on any atom is -0.504 e. The zero-order chi connectivity index (χ0) is 18.4. The Morgan fingerprint density at radius 3 is 2.64 bits per heavy atom. The number of hydrogen-bond donors (Lipinski definition) is 3. The van der Waals surface area contributed by atoms with Gasteiger partial charge in [0.2, 0.25) is 0 Å². The van der Waals surface area contributed by atoms with E-state index in [1.54, 1.807) is 12.1 Å². The third-order valence-corrected chi connectivity index (χ3v) is 4.10. The average molecular weight is 345 g/mol. The number of ether oxygens (including phenoxy) is 1. The van der Waals surface area contributed by atoms with Gasteiger partial charge in [-0.2, -0.15) is 5.10 Å². The molecule has 0 aliphatic rings. The molecule has 1 aromatic heterocycles. The number of methoxy groups -OCH3 is 1. The summed E-state index contributed by atoms with van der Waals surface area (Å²) in [7, 11) is 3.48. The van der Waals surface area contributed by atoms with Gasteiger partial charge in [0.1, 0.15) is 0 Å². The van der Waals surface area contributed by atoms with Gasteiger partial charge in [-0.1, -0.05) is 6.07 Å². The molecule has 0 aliphatic carbocycles. The van der Waals surface area contributed by atoms with Gasteiger partial charge in [-0.15, -0.1) is 0 Å². The lowest BCUT2D eigenvalue weighted by atomic mass is 10.2. The Kier molecular flexibility index (Phi) is 6.27. The molecule has 2 rings (SSSR count). The highest BCUT2D eigenvalue weighted by Crippen LogP contribution is 2.26. The Morgan fingerprint density at radius 1 is 1.32 bits per heavy atom. The summed E-state index contributed by atoms with van der Waals surface area (Å²) in [5.74, 6) is 1.30. The number of aryl methyl sites for hydroxylation is 2. The van der Waals surface area contributed by atoms with Crippen LogP contribution in [-0.2, 0) is 20.1 Å². The molecular weight excluding hydrogens is 318 g/mol. The Balaban J connectivity index is 2.06.